The minimum Gasteiger partial charge on any atom is -0.394 e. The number of benzene rings is 1. The van der Waals surface area contributed by atoms with Gasteiger partial charge in [0.05, 0.1) is 6.61 Å². The second-order valence-corrected chi connectivity index (χ2v) is 4.49. The maximum Gasteiger partial charge on any atom is 0.251 e. The third-order valence-corrected chi connectivity index (χ3v) is 2.41. The van der Waals surface area contributed by atoms with Crippen molar-refractivity contribution in [1.29, 1.82) is 0 Å². The Labute approximate surface area is 97.6 Å². The van der Waals surface area contributed by atoms with Crippen LogP contribution in [0.4, 0.5) is 0 Å². The molecule has 0 saturated heterocycles. The smallest absolute Gasteiger partial charge is 0.251 e. The number of nitrogens with one attached hydrogen (secondary N) is 1. The predicted molar refractivity (Wildman–Crippen MR) is 62.9 cm³/mol. The summed E-state index contributed by atoms with van der Waals surface area (Å²) in [5.41, 5.74) is 1.62. The van der Waals surface area contributed by atoms with E-state index in [2.05, 4.69) is 21.2 Å². The summed E-state index contributed by atoms with van der Waals surface area (Å²) in [6.45, 7) is 3.62. The van der Waals surface area contributed by atoms with E-state index in [9.17, 15) is 4.79 Å². The van der Waals surface area contributed by atoms with Crippen LogP contribution in [0, 0.1) is 6.92 Å². The van der Waals surface area contributed by atoms with E-state index in [1.165, 1.54) is 0 Å². The lowest BCUT2D eigenvalue weighted by Gasteiger charge is -2.11. The topological polar surface area (TPSA) is 49.3 Å². The van der Waals surface area contributed by atoms with Crippen LogP contribution in [-0.4, -0.2) is 23.7 Å². The standard InChI is InChI=1S/C11H14BrNO2/c1-7-3-9(5-10(12)4-7)11(15)13-8(2)6-14/h3-5,8,14H,6H2,1-2H3,(H,13,15)/t8-/m1/s1. The van der Waals surface area contributed by atoms with Crippen molar-refractivity contribution in [3.8, 4) is 0 Å². The number of hydrogen-bond donors (Lipinski definition) is 2. The van der Waals surface area contributed by atoms with Crippen molar-refractivity contribution in [1.82, 2.24) is 5.32 Å². The minimum atomic E-state index is -0.225. The molecule has 0 spiro atoms. The average molecular weight is 272 g/mol. The van der Waals surface area contributed by atoms with Gasteiger partial charge in [0.15, 0.2) is 0 Å². The van der Waals surface area contributed by atoms with Crippen molar-refractivity contribution < 1.29 is 9.90 Å². The van der Waals surface area contributed by atoms with E-state index in [-0.39, 0.29) is 18.6 Å². The molecule has 4 heteroatoms. The van der Waals surface area contributed by atoms with E-state index in [0.29, 0.717) is 5.56 Å². The molecular formula is C11H14BrNO2. The molecule has 0 aliphatic heterocycles. The Kier molecular flexibility index (Phi) is 4.29. The third-order valence-electron chi connectivity index (χ3n) is 1.96. The molecule has 0 aromatic heterocycles. The Balaban J connectivity index is 2.82. The lowest BCUT2D eigenvalue weighted by molar-refractivity contribution is 0.0922. The fraction of sp³-hybridized carbons (Fsp3) is 0.364. The first-order valence-electron chi connectivity index (χ1n) is 4.72. The molecule has 0 fully saturated rings. The fourth-order valence-corrected chi connectivity index (χ4v) is 1.83. The van der Waals surface area contributed by atoms with Crippen LogP contribution in [0.15, 0.2) is 22.7 Å². The van der Waals surface area contributed by atoms with Gasteiger partial charge in [-0.2, -0.15) is 0 Å². The normalized spacial score (nSPS) is 12.3. The number of amides is 1. The molecule has 82 valence electrons. The Morgan fingerprint density at radius 1 is 1.53 bits per heavy atom. The van der Waals surface area contributed by atoms with Gasteiger partial charge in [0.1, 0.15) is 0 Å². The number of aliphatic hydroxyl groups is 1. The molecule has 0 aliphatic rings. The first-order chi connectivity index (χ1) is 7.02. The van der Waals surface area contributed by atoms with Crippen molar-refractivity contribution >= 4 is 21.8 Å². The molecule has 1 aromatic carbocycles. The number of carbonyl (C=O) groups is 1. The highest BCUT2D eigenvalue weighted by Crippen LogP contribution is 2.15. The number of rotatable bonds is 3. The Hall–Kier alpha value is -0.870. The van der Waals surface area contributed by atoms with E-state index in [0.717, 1.165) is 10.0 Å². The summed E-state index contributed by atoms with van der Waals surface area (Å²) in [5.74, 6) is -0.166. The summed E-state index contributed by atoms with van der Waals surface area (Å²) in [7, 11) is 0. The van der Waals surface area contributed by atoms with Crippen molar-refractivity contribution in [3.05, 3.63) is 33.8 Å². The summed E-state index contributed by atoms with van der Waals surface area (Å²) >= 11 is 3.34. The molecule has 0 aliphatic carbocycles. The van der Waals surface area contributed by atoms with Crippen LogP contribution in [-0.2, 0) is 0 Å². The van der Waals surface area contributed by atoms with Gasteiger partial charge >= 0.3 is 0 Å². The summed E-state index contributed by atoms with van der Waals surface area (Å²) < 4.78 is 0.879. The van der Waals surface area contributed by atoms with Gasteiger partial charge in [-0.1, -0.05) is 15.9 Å². The van der Waals surface area contributed by atoms with Crippen LogP contribution in [0.3, 0.4) is 0 Å². The van der Waals surface area contributed by atoms with Crippen LogP contribution in [0.2, 0.25) is 0 Å². The minimum absolute atomic E-state index is 0.0568. The number of carbonyl (C=O) groups excluding carboxylic acids is 1. The van der Waals surface area contributed by atoms with Gasteiger partial charge in [0.25, 0.3) is 5.91 Å². The molecule has 1 atom stereocenters. The van der Waals surface area contributed by atoms with Crippen LogP contribution < -0.4 is 5.32 Å². The van der Waals surface area contributed by atoms with E-state index in [1.54, 1.807) is 13.0 Å². The molecule has 0 saturated carbocycles. The van der Waals surface area contributed by atoms with Crippen LogP contribution >= 0.6 is 15.9 Å². The first-order valence-corrected chi connectivity index (χ1v) is 5.51. The molecule has 1 aromatic rings. The maximum atomic E-state index is 11.7. The third kappa shape index (κ3) is 3.64. The highest BCUT2D eigenvalue weighted by atomic mass is 79.9. The Bertz CT molecular complexity index is 345. The van der Waals surface area contributed by atoms with Crippen LogP contribution in [0.25, 0.3) is 0 Å². The van der Waals surface area contributed by atoms with Crippen molar-refractivity contribution in [2.24, 2.45) is 0 Å². The van der Waals surface area contributed by atoms with E-state index >= 15 is 0 Å². The molecule has 0 unspecified atom stereocenters. The highest BCUT2D eigenvalue weighted by molar-refractivity contribution is 9.10. The van der Waals surface area contributed by atoms with Crippen molar-refractivity contribution in [2.45, 2.75) is 19.9 Å². The largest absolute Gasteiger partial charge is 0.394 e. The summed E-state index contributed by atoms with van der Waals surface area (Å²) in [4.78, 5) is 11.7. The van der Waals surface area contributed by atoms with Gasteiger partial charge in [-0.3, -0.25) is 4.79 Å². The molecule has 0 heterocycles. The number of hydrogen-bond acceptors (Lipinski definition) is 2. The van der Waals surface area contributed by atoms with Crippen LogP contribution in [0.5, 0.6) is 0 Å². The summed E-state index contributed by atoms with van der Waals surface area (Å²) in [5, 5.41) is 11.5. The number of aryl methyl sites for hydroxylation is 1. The zero-order valence-corrected chi connectivity index (χ0v) is 10.3. The fourth-order valence-electron chi connectivity index (χ4n) is 1.22. The van der Waals surface area contributed by atoms with Gasteiger partial charge in [0.2, 0.25) is 0 Å². The van der Waals surface area contributed by atoms with Crippen molar-refractivity contribution in [2.75, 3.05) is 6.61 Å². The summed E-state index contributed by atoms with van der Waals surface area (Å²) in [6, 6.07) is 5.28. The average Bonchev–Trinajstić information content (AvgIpc) is 2.16. The van der Waals surface area contributed by atoms with Gasteiger partial charge in [-0.15, -0.1) is 0 Å². The zero-order valence-electron chi connectivity index (χ0n) is 8.75. The quantitative estimate of drug-likeness (QED) is 0.882. The molecule has 2 N–H and O–H groups in total. The SMILES string of the molecule is Cc1cc(Br)cc(C(=O)N[C@H](C)CO)c1. The highest BCUT2D eigenvalue weighted by Gasteiger charge is 2.09. The first kappa shape index (κ1) is 12.2. The molecule has 0 radical (unpaired) electrons. The number of aliphatic hydroxyl groups excluding tert-OH is 1. The van der Waals surface area contributed by atoms with E-state index in [4.69, 9.17) is 5.11 Å². The molecule has 15 heavy (non-hydrogen) atoms. The van der Waals surface area contributed by atoms with Crippen molar-refractivity contribution in [3.63, 3.8) is 0 Å². The van der Waals surface area contributed by atoms with E-state index < -0.39 is 0 Å². The monoisotopic (exact) mass is 271 g/mol. The molecule has 1 amide bonds. The molecule has 0 bridgehead atoms. The van der Waals surface area contributed by atoms with Gasteiger partial charge in [0, 0.05) is 16.1 Å². The van der Waals surface area contributed by atoms with Crippen LogP contribution in [0.1, 0.15) is 22.8 Å². The van der Waals surface area contributed by atoms with E-state index in [1.807, 2.05) is 19.1 Å². The zero-order chi connectivity index (χ0) is 11.4. The van der Waals surface area contributed by atoms with Gasteiger partial charge in [-0.25, -0.2) is 0 Å². The van der Waals surface area contributed by atoms with Gasteiger partial charge < -0.3 is 10.4 Å². The number of halogens is 1. The Morgan fingerprint density at radius 3 is 2.73 bits per heavy atom. The lowest BCUT2D eigenvalue weighted by atomic mass is 10.1. The molecule has 3 nitrogen and oxygen atoms in total. The van der Waals surface area contributed by atoms with Gasteiger partial charge in [-0.05, 0) is 37.6 Å². The summed E-state index contributed by atoms with van der Waals surface area (Å²) in [6.07, 6.45) is 0. The molecule has 1 rings (SSSR count). The second kappa shape index (κ2) is 5.28. The second-order valence-electron chi connectivity index (χ2n) is 3.57. The predicted octanol–water partition coefficient (Wildman–Crippen LogP) is 1.87. The molecular weight excluding hydrogens is 258 g/mol. The Morgan fingerprint density at radius 2 is 2.20 bits per heavy atom. The lowest BCUT2D eigenvalue weighted by Crippen LogP contribution is -2.35. The maximum absolute atomic E-state index is 11.7.